The molecule has 3 amide bonds. The number of nitrogens with one attached hydrogen (secondary N) is 3. The van der Waals surface area contributed by atoms with E-state index in [1.807, 2.05) is 32.0 Å². The van der Waals surface area contributed by atoms with Gasteiger partial charge in [0.1, 0.15) is 0 Å². The summed E-state index contributed by atoms with van der Waals surface area (Å²) in [4.78, 5) is 25.0. The van der Waals surface area contributed by atoms with E-state index in [1.165, 1.54) is 10.5 Å². The number of rotatable bonds is 3. The lowest BCUT2D eigenvalue weighted by Crippen LogP contribution is -3.14. The lowest BCUT2D eigenvalue weighted by atomic mass is 9.99. The summed E-state index contributed by atoms with van der Waals surface area (Å²) in [5, 5.41) is 5.12. The zero-order valence-electron chi connectivity index (χ0n) is 13.7. The molecule has 0 aliphatic carbocycles. The molecule has 1 aliphatic heterocycles. The number of hydrogen-bond acceptors (Lipinski definition) is 2. The highest BCUT2D eigenvalue weighted by atomic mass is 16.2. The van der Waals surface area contributed by atoms with Crippen LogP contribution in [0.1, 0.15) is 30.9 Å². The minimum absolute atomic E-state index is 0.217. The third kappa shape index (κ3) is 4.84. The van der Waals surface area contributed by atoms with E-state index in [-0.39, 0.29) is 5.91 Å². The first-order valence-corrected chi connectivity index (χ1v) is 7.95. The average molecular weight is 304 g/mol. The van der Waals surface area contributed by atoms with Gasteiger partial charge in [-0.3, -0.25) is 10.1 Å². The lowest BCUT2D eigenvalue weighted by Gasteiger charge is -2.26. The van der Waals surface area contributed by atoms with Gasteiger partial charge in [-0.25, -0.2) is 4.79 Å². The van der Waals surface area contributed by atoms with Crippen LogP contribution in [0, 0.1) is 19.8 Å². The Kier molecular flexibility index (Phi) is 5.55. The smallest absolute Gasteiger partial charge is 0.326 e. The standard InChI is InChI=1S/C17H25N3O2/c1-12-6-8-20(9-7-12)11-16(21)19-17(22)18-15-5-4-13(2)14(3)10-15/h4-5,10,12H,6-9,11H2,1-3H3,(H2,18,19,21,22)/p+1. The zero-order valence-corrected chi connectivity index (χ0v) is 13.7. The van der Waals surface area contributed by atoms with E-state index >= 15 is 0 Å². The monoisotopic (exact) mass is 304 g/mol. The molecular formula is C17H26N3O2+. The molecule has 3 N–H and O–H groups in total. The van der Waals surface area contributed by atoms with Crippen molar-refractivity contribution in [1.82, 2.24) is 5.32 Å². The first kappa shape index (κ1) is 16.5. The van der Waals surface area contributed by atoms with Crippen LogP contribution in [0.4, 0.5) is 10.5 Å². The summed E-state index contributed by atoms with van der Waals surface area (Å²) in [5.74, 6) is 0.533. The van der Waals surface area contributed by atoms with Crippen LogP contribution in [-0.4, -0.2) is 31.6 Å². The molecular weight excluding hydrogens is 278 g/mol. The largest absolute Gasteiger partial charge is 0.327 e. The Morgan fingerprint density at radius 2 is 1.86 bits per heavy atom. The van der Waals surface area contributed by atoms with Gasteiger partial charge in [0.15, 0.2) is 6.54 Å². The maximum Gasteiger partial charge on any atom is 0.326 e. The number of benzene rings is 1. The normalized spacial score (nSPS) is 21.2. The maximum absolute atomic E-state index is 11.9. The minimum Gasteiger partial charge on any atom is -0.327 e. The van der Waals surface area contributed by atoms with Gasteiger partial charge in [-0.15, -0.1) is 0 Å². The van der Waals surface area contributed by atoms with Crippen molar-refractivity contribution in [3.8, 4) is 0 Å². The number of urea groups is 1. The summed E-state index contributed by atoms with van der Waals surface area (Å²) < 4.78 is 0. The average Bonchev–Trinajstić information content (AvgIpc) is 2.45. The van der Waals surface area contributed by atoms with Crippen molar-refractivity contribution in [2.45, 2.75) is 33.6 Å². The molecule has 0 atom stereocenters. The van der Waals surface area contributed by atoms with E-state index in [0.29, 0.717) is 12.2 Å². The SMILES string of the molecule is Cc1ccc(NC(=O)NC(=O)C[NH+]2CCC(C)CC2)cc1C. The summed E-state index contributed by atoms with van der Waals surface area (Å²) in [6, 6.07) is 5.23. The topological polar surface area (TPSA) is 62.6 Å². The van der Waals surface area contributed by atoms with E-state index in [2.05, 4.69) is 17.6 Å². The molecule has 1 aromatic carbocycles. The first-order chi connectivity index (χ1) is 10.4. The Hall–Kier alpha value is -1.88. The summed E-state index contributed by atoms with van der Waals surface area (Å²) in [5.41, 5.74) is 2.98. The van der Waals surface area contributed by atoms with E-state index in [0.717, 1.165) is 37.4 Å². The van der Waals surface area contributed by atoms with E-state index in [9.17, 15) is 9.59 Å². The molecule has 5 heteroatoms. The van der Waals surface area contributed by atoms with Crippen LogP contribution in [0.5, 0.6) is 0 Å². The summed E-state index contributed by atoms with van der Waals surface area (Å²) >= 11 is 0. The fourth-order valence-corrected chi connectivity index (χ4v) is 2.73. The molecule has 0 radical (unpaired) electrons. The fourth-order valence-electron chi connectivity index (χ4n) is 2.73. The number of likely N-dealkylation sites (tertiary alicyclic amines) is 1. The molecule has 0 bridgehead atoms. The van der Waals surface area contributed by atoms with E-state index in [4.69, 9.17) is 0 Å². The number of carbonyl (C=O) groups excluding carboxylic acids is 2. The van der Waals surface area contributed by atoms with Crippen LogP contribution in [0.15, 0.2) is 18.2 Å². The third-order valence-corrected chi connectivity index (χ3v) is 4.41. The second-order valence-electron chi connectivity index (χ2n) is 6.41. The number of carbonyl (C=O) groups is 2. The number of anilines is 1. The van der Waals surface area contributed by atoms with Crippen LogP contribution < -0.4 is 15.5 Å². The van der Waals surface area contributed by atoms with Gasteiger partial charge in [0, 0.05) is 5.69 Å². The number of hydrogen-bond donors (Lipinski definition) is 3. The highest BCUT2D eigenvalue weighted by Gasteiger charge is 2.22. The van der Waals surface area contributed by atoms with E-state index < -0.39 is 6.03 Å². The molecule has 22 heavy (non-hydrogen) atoms. The molecule has 1 aromatic rings. The molecule has 1 fully saturated rings. The predicted octanol–water partition coefficient (Wildman–Crippen LogP) is 1.27. The number of amides is 3. The van der Waals surface area contributed by atoms with Crippen LogP contribution in [0.2, 0.25) is 0 Å². The van der Waals surface area contributed by atoms with Crippen molar-refractivity contribution in [3.63, 3.8) is 0 Å². The van der Waals surface area contributed by atoms with Gasteiger partial charge in [-0.1, -0.05) is 13.0 Å². The van der Waals surface area contributed by atoms with Crippen molar-refractivity contribution in [1.29, 1.82) is 0 Å². The molecule has 1 heterocycles. The highest BCUT2D eigenvalue weighted by molar-refractivity contribution is 6.01. The molecule has 1 saturated heterocycles. The van der Waals surface area contributed by atoms with Crippen LogP contribution in [0.25, 0.3) is 0 Å². The van der Waals surface area contributed by atoms with E-state index in [1.54, 1.807) is 0 Å². The molecule has 120 valence electrons. The fraction of sp³-hybridized carbons (Fsp3) is 0.529. The van der Waals surface area contributed by atoms with Crippen molar-refractivity contribution in [2.75, 3.05) is 25.0 Å². The molecule has 5 nitrogen and oxygen atoms in total. The van der Waals surface area contributed by atoms with Gasteiger partial charge in [-0.2, -0.15) is 0 Å². The van der Waals surface area contributed by atoms with Gasteiger partial charge < -0.3 is 10.2 Å². The van der Waals surface area contributed by atoms with Gasteiger partial charge in [-0.05, 0) is 55.9 Å². The van der Waals surface area contributed by atoms with Crippen LogP contribution in [0.3, 0.4) is 0 Å². The number of quaternary nitrogens is 1. The quantitative estimate of drug-likeness (QED) is 0.787. The number of piperidine rings is 1. The van der Waals surface area contributed by atoms with Gasteiger partial charge >= 0.3 is 6.03 Å². The predicted molar refractivity (Wildman–Crippen MR) is 87.0 cm³/mol. The van der Waals surface area contributed by atoms with Crippen molar-refractivity contribution < 1.29 is 14.5 Å². The second kappa shape index (κ2) is 7.40. The summed E-state index contributed by atoms with van der Waals surface area (Å²) in [6.07, 6.45) is 2.30. The summed E-state index contributed by atoms with van der Waals surface area (Å²) in [6.45, 7) is 8.64. The van der Waals surface area contributed by atoms with Crippen molar-refractivity contribution in [2.24, 2.45) is 5.92 Å². The Bertz CT molecular complexity index is 549. The molecule has 0 spiro atoms. The second-order valence-corrected chi connectivity index (χ2v) is 6.41. The van der Waals surface area contributed by atoms with Gasteiger partial charge in [0.2, 0.25) is 0 Å². The van der Waals surface area contributed by atoms with Crippen LogP contribution in [-0.2, 0) is 4.79 Å². The van der Waals surface area contributed by atoms with Gasteiger partial charge in [0.05, 0.1) is 13.1 Å². The minimum atomic E-state index is -0.460. The lowest BCUT2D eigenvalue weighted by molar-refractivity contribution is -0.898. The summed E-state index contributed by atoms with van der Waals surface area (Å²) in [7, 11) is 0. The zero-order chi connectivity index (χ0) is 16.1. The molecule has 0 aromatic heterocycles. The maximum atomic E-state index is 11.9. The Morgan fingerprint density at radius 3 is 2.50 bits per heavy atom. The van der Waals surface area contributed by atoms with Crippen LogP contribution >= 0.6 is 0 Å². The molecule has 0 unspecified atom stereocenters. The Balaban J connectivity index is 1.78. The molecule has 0 saturated carbocycles. The molecule has 2 rings (SSSR count). The Labute approximate surface area is 132 Å². The highest BCUT2D eigenvalue weighted by Crippen LogP contribution is 2.13. The number of imide groups is 1. The van der Waals surface area contributed by atoms with Crippen molar-refractivity contribution in [3.05, 3.63) is 29.3 Å². The van der Waals surface area contributed by atoms with Crippen molar-refractivity contribution >= 4 is 17.6 Å². The Morgan fingerprint density at radius 1 is 1.18 bits per heavy atom. The molecule has 1 aliphatic rings. The third-order valence-electron chi connectivity index (χ3n) is 4.41. The first-order valence-electron chi connectivity index (χ1n) is 7.95. The van der Waals surface area contributed by atoms with Gasteiger partial charge in [0.25, 0.3) is 5.91 Å². The number of aryl methyl sites for hydroxylation is 2.